The Hall–Kier alpha value is -6.39. The molecule has 0 aliphatic carbocycles. The smallest absolute Gasteiger partial charge is 0.246 e. The molecule has 16 heteroatoms. The van der Waals surface area contributed by atoms with E-state index < -0.39 is 29.5 Å². The van der Waals surface area contributed by atoms with Gasteiger partial charge in [-0.15, -0.1) is 21.5 Å². The number of nitrogens with two attached hydrogens (primary N) is 1. The number of aliphatic hydroxyl groups excluding tert-OH is 1. The minimum Gasteiger partial charge on any atom is -0.507 e. The van der Waals surface area contributed by atoms with E-state index in [1.165, 1.54) is 4.90 Å². The largest absolute Gasteiger partial charge is 0.507 e. The first kappa shape index (κ1) is 45.1. The molecule has 1 fully saturated rings. The summed E-state index contributed by atoms with van der Waals surface area (Å²) < 4.78 is 5.89. The minimum atomic E-state index is -0.963. The van der Waals surface area contributed by atoms with Crippen LogP contribution in [0.15, 0.2) is 84.4 Å². The Morgan fingerprint density at radius 3 is 2.26 bits per heavy atom. The number of nitrogens with one attached hydrogen (secondary N) is 3. The molecule has 5 aromatic rings. The molecule has 15 nitrogen and oxygen atoms in total. The third-order valence-electron chi connectivity index (χ3n) is 10.6. The third kappa shape index (κ3) is 11.9. The number of carbonyl (C=O) groups excluding carboxylic acids is 4. The first-order valence-electron chi connectivity index (χ1n) is 20.6. The molecule has 3 atom stereocenters. The highest BCUT2D eigenvalue weighted by molar-refractivity contribution is 7.13. The number of nitrogens with zero attached hydrogens (tertiary/aromatic N) is 4. The molecule has 3 heterocycles. The number of nitrogen functional groups attached to an aromatic ring is 1. The van der Waals surface area contributed by atoms with Gasteiger partial charge in [-0.25, -0.2) is 4.98 Å². The van der Waals surface area contributed by atoms with E-state index >= 15 is 0 Å². The molecular formula is C46H54N8O7S. The number of rotatable bonds is 17. The van der Waals surface area contributed by atoms with E-state index in [2.05, 4.69) is 31.1 Å². The van der Waals surface area contributed by atoms with Gasteiger partial charge in [-0.3, -0.25) is 19.2 Å². The van der Waals surface area contributed by atoms with Crippen molar-refractivity contribution in [3.05, 3.63) is 107 Å². The van der Waals surface area contributed by atoms with Crippen molar-refractivity contribution in [2.45, 2.75) is 91.1 Å². The van der Waals surface area contributed by atoms with Gasteiger partial charge in [-0.05, 0) is 53.1 Å². The summed E-state index contributed by atoms with van der Waals surface area (Å²) in [4.78, 5) is 60.0. The number of ether oxygens (including phenoxy) is 1. The maximum Gasteiger partial charge on any atom is 0.246 e. The number of aromatic hydroxyl groups is 1. The number of anilines is 1. The Morgan fingerprint density at radius 1 is 0.919 bits per heavy atom. The van der Waals surface area contributed by atoms with Gasteiger partial charge >= 0.3 is 0 Å². The van der Waals surface area contributed by atoms with Crippen LogP contribution in [0.5, 0.6) is 11.5 Å². The monoisotopic (exact) mass is 862 g/mol. The number of phenols is 1. The average Bonchev–Trinajstić information content (AvgIpc) is 3.87. The zero-order chi connectivity index (χ0) is 44.4. The van der Waals surface area contributed by atoms with Crippen LogP contribution < -0.4 is 26.4 Å². The summed E-state index contributed by atoms with van der Waals surface area (Å²) in [6.45, 7) is 8.31. The van der Waals surface area contributed by atoms with Crippen molar-refractivity contribution in [3.8, 4) is 33.2 Å². The minimum absolute atomic E-state index is 0.0230. The fraction of sp³-hybridized carbons (Fsp3) is 0.370. The van der Waals surface area contributed by atoms with Crippen LogP contribution in [0.4, 0.5) is 5.82 Å². The van der Waals surface area contributed by atoms with Crippen LogP contribution in [-0.2, 0) is 38.7 Å². The highest BCUT2D eigenvalue weighted by Crippen LogP contribution is 2.31. The topological polar surface area (TPSA) is 222 Å². The van der Waals surface area contributed by atoms with E-state index in [4.69, 9.17) is 10.5 Å². The predicted molar refractivity (Wildman–Crippen MR) is 237 cm³/mol. The lowest BCUT2D eigenvalue weighted by atomic mass is 9.85. The van der Waals surface area contributed by atoms with Crippen molar-refractivity contribution in [2.75, 3.05) is 18.9 Å². The fourth-order valence-electron chi connectivity index (χ4n) is 7.14. The Kier molecular flexibility index (Phi) is 14.9. The van der Waals surface area contributed by atoms with Crippen molar-refractivity contribution in [3.63, 3.8) is 0 Å². The van der Waals surface area contributed by atoms with E-state index in [0.29, 0.717) is 36.6 Å². The van der Waals surface area contributed by atoms with E-state index in [0.717, 1.165) is 32.8 Å². The summed E-state index contributed by atoms with van der Waals surface area (Å²) in [6.07, 6.45) is 0.203. The number of aromatic nitrogens is 3. The number of aliphatic hydroxyl groups is 1. The highest BCUT2D eigenvalue weighted by atomic mass is 32.1. The van der Waals surface area contributed by atoms with Crippen LogP contribution >= 0.6 is 11.3 Å². The van der Waals surface area contributed by atoms with Crippen LogP contribution in [0, 0.1) is 12.3 Å². The fourth-order valence-corrected chi connectivity index (χ4v) is 7.95. The SMILES string of the molecule is Cc1ncsc1-c1ccc(CNC(=O)[C@@H]2C[C@@H](O)CN2C(=O)[C@@H](NC(=O)CCCC(=O)NCc2ccc(CCOc3cc(-c4ccccc4O)nnc3N)cc2)C(C)(C)C)cc1. The van der Waals surface area contributed by atoms with Crippen molar-refractivity contribution in [1.82, 2.24) is 36.0 Å². The number of amides is 4. The van der Waals surface area contributed by atoms with Crippen LogP contribution in [0.1, 0.15) is 68.8 Å². The van der Waals surface area contributed by atoms with Crippen LogP contribution in [0.2, 0.25) is 0 Å². The van der Waals surface area contributed by atoms with Crippen molar-refractivity contribution in [1.29, 1.82) is 0 Å². The van der Waals surface area contributed by atoms with Crippen molar-refractivity contribution in [2.24, 2.45) is 5.41 Å². The quantitative estimate of drug-likeness (QED) is 0.0724. The Bertz CT molecular complexity index is 2350. The number of aryl methyl sites for hydroxylation is 1. The Labute approximate surface area is 365 Å². The number of hydrogen-bond acceptors (Lipinski definition) is 12. The maximum absolute atomic E-state index is 14.0. The molecule has 326 valence electrons. The second-order valence-corrected chi connectivity index (χ2v) is 17.3. The van der Waals surface area contributed by atoms with Crippen LogP contribution in [-0.4, -0.2) is 85.3 Å². The third-order valence-corrected chi connectivity index (χ3v) is 11.6. The zero-order valence-electron chi connectivity index (χ0n) is 35.4. The standard InChI is InChI=1S/C46H54N8O7S/c1-28-41(62-27-50-28)32-18-16-31(17-19-32)25-49-44(59)36-22-33(55)26-54(36)45(60)42(46(2,3)4)51-40(58)11-7-10-39(57)48-24-30-14-12-29(13-15-30)20-21-61-38-23-35(52-53-43(38)47)34-8-5-6-9-37(34)56/h5-6,8-9,12-19,23,27,33,36,42,55-56H,7,10-11,20-22,24-26H2,1-4H3,(H2,47,53)(H,48,57)(H,49,59)(H,51,58)/t33-,36+,42-/m1/s1. The van der Waals surface area contributed by atoms with E-state index in [9.17, 15) is 29.4 Å². The lowest BCUT2D eigenvalue weighted by Crippen LogP contribution is -2.57. The molecule has 4 amide bonds. The lowest BCUT2D eigenvalue weighted by Gasteiger charge is -2.35. The molecule has 3 aromatic carbocycles. The second-order valence-electron chi connectivity index (χ2n) is 16.5. The number of carbonyl (C=O) groups is 4. The first-order valence-corrected chi connectivity index (χ1v) is 21.5. The average molecular weight is 863 g/mol. The summed E-state index contributed by atoms with van der Waals surface area (Å²) in [6, 6.07) is 22.2. The van der Waals surface area contributed by atoms with Gasteiger partial charge in [0.15, 0.2) is 11.6 Å². The second kappa shape index (κ2) is 20.4. The van der Waals surface area contributed by atoms with Gasteiger partial charge in [0.25, 0.3) is 0 Å². The molecule has 62 heavy (non-hydrogen) atoms. The van der Waals surface area contributed by atoms with Crippen molar-refractivity contribution >= 4 is 40.8 Å². The molecule has 2 aromatic heterocycles. The first-order chi connectivity index (χ1) is 29.7. The molecule has 0 radical (unpaired) electrons. The Morgan fingerprint density at radius 2 is 1.58 bits per heavy atom. The summed E-state index contributed by atoms with van der Waals surface area (Å²) in [5.74, 6) is -0.833. The number of phenolic OH excluding ortho intramolecular Hbond substituents is 1. The molecule has 1 aliphatic rings. The Balaban J connectivity index is 0.918. The van der Waals surface area contributed by atoms with Gasteiger partial charge in [0.05, 0.1) is 28.8 Å². The van der Waals surface area contributed by atoms with E-state index in [1.807, 2.05) is 76.2 Å². The maximum atomic E-state index is 14.0. The summed E-state index contributed by atoms with van der Waals surface area (Å²) >= 11 is 1.57. The molecule has 0 bridgehead atoms. The van der Waals surface area contributed by atoms with Gasteiger partial charge in [0.1, 0.15) is 23.5 Å². The number of hydrogen-bond donors (Lipinski definition) is 6. The van der Waals surface area contributed by atoms with Gasteiger partial charge in [0.2, 0.25) is 23.6 Å². The number of benzene rings is 3. The molecule has 6 rings (SSSR count). The molecular weight excluding hydrogens is 809 g/mol. The van der Waals surface area contributed by atoms with Crippen LogP contribution in [0.25, 0.3) is 21.7 Å². The van der Waals surface area contributed by atoms with Crippen LogP contribution in [0.3, 0.4) is 0 Å². The highest BCUT2D eigenvalue weighted by Gasteiger charge is 2.44. The summed E-state index contributed by atoms with van der Waals surface area (Å²) in [7, 11) is 0. The molecule has 0 unspecified atom stereocenters. The number of likely N-dealkylation sites (tertiary alicyclic amines) is 1. The molecule has 7 N–H and O–H groups in total. The van der Waals surface area contributed by atoms with Crippen molar-refractivity contribution < 1.29 is 34.1 Å². The molecule has 0 saturated carbocycles. The summed E-state index contributed by atoms with van der Waals surface area (Å²) in [5, 5.41) is 37.4. The van der Waals surface area contributed by atoms with Gasteiger partial charge in [0, 0.05) is 56.9 Å². The number of β-amino-alcohol motifs (C(OH)–C–C–N with tert-alkyl or cyclic N) is 1. The van der Waals surface area contributed by atoms with Gasteiger partial charge in [-0.1, -0.05) is 81.4 Å². The van der Waals surface area contributed by atoms with E-state index in [1.54, 1.807) is 47.2 Å². The van der Waals surface area contributed by atoms with Gasteiger partial charge in [-0.2, -0.15) is 0 Å². The molecule has 1 saturated heterocycles. The molecule has 0 spiro atoms. The lowest BCUT2D eigenvalue weighted by molar-refractivity contribution is -0.144. The zero-order valence-corrected chi connectivity index (χ0v) is 36.2. The number of para-hydroxylation sites is 1. The predicted octanol–water partition coefficient (Wildman–Crippen LogP) is 5.08. The molecule has 1 aliphatic heterocycles. The van der Waals surface area contributed by atoms with Gasteiger partial charge < -0.3 is 41.5 Å². The normalized spacial score (nSPS) is 15.5. The summed E-state index contributed by atoms with van der Waals surface area (Å²) in [5.41, 5.74) is 12.8. The van der Waals surface area contributed by atoms with E-state index in [-0.39, 0.29) is 68.1 Å². The number of thiazole rings is 1.